The molecule has 104 valence electrons. The van der Waals surface area contributed by atoms with Gasteiger partial charge in [-0.3, -0.25) is 4.79 Å². The number of amides is 1. The van der Waals surface area contributed by atoms with Crippen LogP contribution in [-0.2, 0) is 18.4 Å². The number of carbonyl (C=O) groups excluding carboxylic acids is 1. The molecule has 0 radical (unpaired) electrons. The van der Waals surface area contributed by atoms with Gasteiger partial charge in [-0.15, -0.1) is 0 Å². The molecule has 1 aromatic heterocycles. The number of anilines is 1. The van der Waals surface area contributed by atoms with E-state index in [4.69, 9.17) is 0 Å². The average molecular weight is 269 g/mol. The molecule has 4 heteroatoms. The third-order valence-electron chi connectivity index (χ3n) is 3.76. The van der Waals surface area contributed by atoms with Crippen LogP contribution >= 0.6 is 0 Å². The summed E-state index contributed by atoms with van der Waals surface area (Å²) >= 11 is 0. The molecule has 1 amide bonds. The number of hydrogen-bond acceptors (Lipinski definition) is 2. The number of aromatic nitrogens is 1. The number of benzene rings is 1. The van der Waals surface area contributed by atoms with E-state index in [-0.39, 0.29) is 11.8 Å². The third-order valence-corrected chi connectivity index (χ3v) is 3.76. The Balaban J connectivity index is 1.69. The zero-order chi connectivity index (χ0) is 13.9. The van der Waals surface area contributed by atoms with Gasteiger partial charge in [-0.05, 0) is 29.7 Å². The highest BCUT2D eigenvalue weighted by molar-refractivity contribution is 5.86. The second-order valence-corrected chi connectivity index (χ2v) is 5.26. The van der Waals surface area contributed by atoms with Crippen LogP contribution in [0.5, 0.6) is 0 Å². The van der Waals surface area contributed by atoms with E-state index in [1.807, 2.05) is 54.3 Å². The van der Waals surface area contributed by atoms with Gasteiger partial charge in [0, 0.05) is 38.2 Å². The number of carbonyl (C=O) groups is 1. The van der Waals surface area contributed by atoms with Gasteiger partial charge < -0.3 is 15.2 Å². The van der Waals surface area contributed by atoms with Gasteiger partial charge in [0.2, 0.25) is 5.91 Å². The number of aryl methyl sites for hydroxylation is 1. The van der Waals surface area contributed by atoms with E-state index in [9.17, 15) is 4.79 Å². The second-order valence-electron chi connectivity index (χ2n) is 5.26. The van der Waals surface area contributed by atoms with Gasteiger partial charge in [-0.2, -0.15) is 0 Å². The Kier molecular flexibility index (Phi) is 3.46. The van der Waals surface area contributed by atoms with Crippen LogP contribution in [0.3, 0.4) is 0 Å². The van der Waals surface area contributed by atoms with Crippen molar-refractivity contribution in [3.05, 3.63) is 53.9 Å². The molecule has 0 saturated heterocycles. The van der Waals surface area contributed by atoms with Gasteiger partial charge in [-0.25, -0.2) is 0 Å². The summed E-state index contributed by atoms with van der Waals surface area (Å²) in [4.78, 5) is 12.4. The molecule has 20 heavy (non-hydrogen) atoms. The van der Waals surface area contributed by atoms with E-state index in [0.29, 0.717) is 6.54 Å². The van der Waals surface area contributed by atoms with Gasteiger partial charge in [0.15, 0.2) is 0 Å². The minimum atomic E-state index is -0.0452. The van der Waals surface area contributed by atoms with Gasteiger partial charge in [0.05, 0.1) is 5.92 Å². The molecule has 3 rings (SSSR count). The van der Waals surface area contributed by atoms with Crippen LogP contribution in [0.15, 0.2) is 42.7 Å². The highest BCUT2D eigenvalue weighted by atomic mass is 16.1. The van der Waals surface area contributed by atoms with Crippen molar-refractivity contribution < 1.29 is 4.79 Å². The molecule has 0 aliphatic carbocycles. The summed E-state index contributed by atoms with van der Waals surface area (Å²) in [6.07, 6.45) is 4.86. The fraction of sp³-hybridized carbons (Fsp3) is 0.312. The van der Waals surface area contributed by atoms with Crippen LogP contribution in [0.1, 0.15) is 23.5 Å². The molecule has 0 bridgehead atoms. The fourth-order valence-corrected chi connectivity index (χ4v) is 2.72. The summed E-state index contributed by atoms with van der Waals surface area (Å²) in [6, 6.07) is 10.1. The summed E-state index contributed by atoms with van der Waals surface area (Å²) < 4.78 is 1.99. The Morgan fingerprint density at radius 1 is 1.40 bits per heavy atom. The van der Waals surface area contributed by atoms with Crippen LogP contribution in [0.4, 0.5) is 5.69 Å². The topological polar surface area (TPSA) is 46.1 Å². The van der Waals surface area contributed by atoms with E-state index in [0.717, 1.165) is 29.8 Å². The highest BCUT2D eigenvalue weighted by Gasteiger charge is 2.25. The summed E-state index contributed by atoms with van der Waals surface area (Å²) in [6.45, 7) is 1.44. The van der Waals surface area contributed by atoms with E-state index in [1.165, 1.54) is 0 Å². The summed E-state index contributed by atoms with van der Waals surface area (Å²) in [5, 5.41) is 6.38. The lowest BCUT2D eigenvalue weighted by atomic mass is 9.90. The third kappa shape index (κ3) is 2.54. The molecule has 1 aliphatic heterocycles. The Morgan fingerprint density at radius 3 is 3.05 bits per heavy atom. The van der Waals surface area contributed by atoms with Crippen LogP contribution in [0, 0.1) is 0 Å². The van der Waals surface area contributed by atoms with Crippen molar-refractivity contribution in [2.24, 2.45) is 7.05 Å². The molecule has 1 aliphatic rings. The average Bonchev–Trinajstić information content (AvgIpc) is 2.90. The molecule has 0 fully saturated rings. The largest absolute Gasteiger partial charge is 0.385 e. The number of hydrogen-bond donors (Lipinski definition) is 2. The lowest BCUT2D eigenvalue weighted by Gasteiger charge is -2.25. The number of nitrogens with zero attached hydrogens (tertiary/aromatic N) is 1. The van der Waals surface area contributed by atoms with Crippen LogP contribution in [-0.4, -0.2) is 17.0 Å². The molecule has 2 aromatic rings. The predicted octanol–water partition coefficient (Wildman–Crippen LogP) is 2.24. The van der Waals surface area contributed by atoms with Gasteiger partial charge >= 0.3 is 0 Å². The molecular formula is C16H19N3O. The number of nitrogens with one attached hydrogen (secondary N) is 2. The van der Waals surface area contributed by atoms with Crippen molar-refractivity contribution in [1.82, 2.24) is 9.88 Å². The van der Waals surface area contributed by atoms with Gasteiger partial charge in [0.1, 0.15) is 0 Å². The van der Waals surface area contributed by atoms with Crippen LogP contribution in [0.2, 0.25) is 0 Å². The van der Waals surface area contributed by atoms with Crippen LogP contribution in [0.25, 0.3) is 0 Å². The molecule has 1 unspecified atom stereocenters. The molecule has 2 N–H and O–H groups in total. The Hall–Kier alpha value is -2.23. The molecular weight excluding hydrogens is 250 g/mol. The Labute approximate surface area is 118 Å². The number of rotatable bonds is 3. The fourth-order valence-electron chi connectivity index (χ4n) is 2.72. The van der Waals surface area contributed by atoms with Crippen molar-refractivity contribution in [1.29, 1.82) is 0 Å². The first-order chi connectivity index (χ1) is 9.74. The quantitative estimate of drug-likeness (QED) is 0.897. The van der Waals surface area contributed by atoms with E-state index < -0.39 is 0 Å². The monoisotopic (exact) mass is 269 g/mol. The van der Waals surface area contributed by atoms with E-state index in [1.54, 1.807) is 0 Å². The second kappa shape index (κ2) is 5.41. The van der Waals surface area contributed by atoms with Crippen molar-refractivity contribution in [3.8, 4) is 0 Å². The zero-order valence-corrected chi connectivity index (χ0v) is 11.6. The standard InChI is InChI=1S/C16H19N3O/c1-19-9-7-12(11-19)10-18-16(20)14-6-8-17-15-5-3-2-4-13(14)15/h2-5,7,9,11,14,17H,6,8,10H2,1H3,(H,18,20). The number of para-hydroxylation sites is 1. The molecule has 0 spiro atoms. The molecule has 4 nitrogen and oxygen atoms in total. The first-order valence-electron chi connectivity index (χ1n) is 6.95. The van der Waals surface area contributed by atoms with E-state index >= 15 is 0 Å². The van der Waals surface area contributed by atoms with Crippen molar-refractivity contribution in [2.75, 3.05) is 11.9 Å². The maximum Gasteiger partial charge on any atom is 0.227 e. The SMILES string of the molecule is Cn1ccc(CNC(=O)C2CCNc3ccccc32)c1. The lowest BCUT2D eigenvalue weighted by molar-refractivity contribution is -0.122. The molecule has 1 aromatic carbocycles. The first kappa shape index (κ1) is 12.8. The Bertz CT molecular complexity index is 618. The maximum absolute atomic E-state index is 12.4. The molecule has 2 heterocycles. The van der Waals surface area contributed by atoms with Crippen molar-refractivity contribution in [2.45, 2.75) is 18.9 Å². The smallest absolute Gasteiger partial charge is 0.227 e. The zero-order valence-electron chi connectivity index (χ0n) is 11.6. The first-order valence-corrected chi connectivity index (χ1v) is 6.95. The van der Waals surface area contributed by atoms with Crippen molar-refractivity contribution in [3.63, 3.8) is 0 Å². The number of fused-ring (bicyclic) bond motifs is 1. The van der Waals surface area contributed by atoms with Crippen molar-refractivity contribution >= 4 is 11.6 Å². The summed E-state index contributed by atoms with van der Waals surface area (Å²) in [7, 11) is 1.98. The van der Waals surface area contributed by atoms with Gasteiger partial charge in [-0.1, -0.05) is 18.2 Å². The predicted molar refractivity (Wildman–Crippen MR) is 79.5 cm³/mol. The summed E-state index contributed by atoms with van der Waals surface area (Å²) in [5.74, 6) is 0.0685. The molecule has 0 saturated carbocycles. The van der Waals surface area contributed by atoms with Crippen LogP contribution < -0.4 is 10.6 Å². The lowest BCUT2D eigenvalue weighted by Crippen LogP contribution is -2.32. The molecule has 1 atom stereocenters. The normalized spacial score (nSPS) is 17.1. The summed E-state index contributed by atoms with van der Waals surface area (Å²) in [5.41, 5.74) is 3.31. The van der Waals surface area contributed by atoms with Gasteiger partial charge in [0.25, 0.3) is 0 Å². The van der Waals surface area contributed by atoms with E-state index in [2.05, 4.69) is 10.6 Å². The highest BCUT2D eigenvalue weighted by Crippen LogP contribution is 2.31. The maximum atomic E-state index is 12.4. The minimum Gasteiger partial charge on any atom is -0.385 e. The minimum absolute atomic E-state index is 0.0452. The Morgan fingerprint density at radius 2 is 2.25 bits per heavy atom.